The van der Waals surface area contributed by atoms with Crippen LogP contribution in [0.25, 0.3) is 0 Å². The Balaban J connectivity index is 4.98. The van der Waals surface area contributed by atoms with Gasteiger partial charge in [0.2, 0.25) is 0 Å². The molecule has 0 radical (unpaired) electrons. The van der Waals surface area contributed by atoms with Crippen molar-refractivity contribution >= 4 is 12.1 Å². The molecule has 0 aromatic carbocycles. The van der Waals surface area contributed by atoms with E-state index in [1.54, 1.807) is 0 Å². The predicted molar refractivity (Wildman–Crippen MR) is 80.4 cm³/mol. The Morgan fingerprint density at radius 1 is 1.17 bits per heavy atom. The van der Waals surface area contributed by atoms with Gasteiger partial charge in [-0.15, -0.1) is 0 Å². The molecule has 1 unspecified atom stereocenters. The van der Waals surface area contributed by atoms with Gasteiger partial charge in [-0.3, -0.25) is 5.41 Å². The molecule has 3 heteroatoms. The summed E-state index contributed by atoms with van der Waals surface area (Å²) >= 11 is 0. The summed E-state index contributed by atoms with van der Waals surface area (Å²) in [7, 11) is 0. The maximum absolute atomic E-state index is 7.84. The van der Waals surface area contributed by atoms with E-state index in [4.69, 9.17) is 10.8 Å². The summed E-state index contributed by atoms with van der Waals surface area (Å²) in [5.41, 5.74) is 2.54. The van der Waals surface area contributed by atoms with Crippen LogP contribution in [0, 0.1) is 22.7 Å². The van der Waals surface area contributed by atoms with Gasteiger partial charge >= 0.3 is 0 Å². The van der Waals surface area contributed by atoms with Crippen LogP contribution in [-0.4, -0.2) is 23.5 Å². The molecule has 0 fully saturated rings. The molecule has 102 valence electrons. The second-order valence-electron chi connectivity index (χ2n) is 5.14. The molecule has 0 aliphatic heterocycles. The van der Waals surface area contributed by atoms with Crippen molar-refractivity contribution in [3.8, 4) is 0 Å². The van der Waals surface area contributed by atoms with E-state index in [-0.39, 0.29) is 5.84 Å². The van der Waals surface area contributed by atoms with Crippen molar-refractivity contribution in [1.82, 2.24) is 4.90 Å². The highest BCUT2D eigenvalue weighted by Crippen LogP contribution is 2.15. The predicted octanol–water partition coefficient (Wildman–Crippen LogP) is 4.08. The average molecular weight is 249 g/mol. The van der Waals surface area contributed by atoms with E-state index in [2.05, 4.69) is 40.7 Å². The van der Waals surface area contributed by atoms with Crippen LogP contribution >= 0.6 is 0 Å². The number of allylic oxidation sites excluding steroid dienone is 2. The summed E-state index contributed by atoms with van der Waals surface area (Å²) in [6, 6.07) is 0. The van der Waals surface area contributed by atoms with Gasteiger partial charge < -0.3 is 10.3 Å². The number of hydrogen-bond donors (Lipinski definition) is 2. The van der Waals surface area contributed by atoms with Gasteiger partial charge in [0.05, 0.1) is 6.21 Å². The largest absolute Gasteiger partial charge is 0.332 e. The molecule has 0 rings (SSSR count). The lowest BCUT2D eigenvalue weighted by Gasteiger charge is -2.25. The van der Waals surface area contributed by atoms with Crippen molar-refractivity contribution < 1.29 is 0 Å². The molecule has 0 saturated heterocycles. The number of nitrogens with one attached hydrogen (secondary N) is 2. The molecule has 2 N–H and O–H groups in total. The summed E-state index contributed by atoms with van der Waals surface area (Å²) in [6.45, 7) is 13.4. The maximum Gasteiger partial charge on any atom is 0.142 e. The van der Waals surface area contributed by atoms with Crippen molar-refractivity contribution in [3.63, 3.8) is 0 Å². The monoisotopic (exact) mass is 249 g/mol. The third kappa shape index (κ3) is 5.30. The average Bonchev–Trinajstić information content (AvgIpc) is 2.35. The van der Waals surface area contributed by atoms with E-state index in [1.807, 2.05) is 18.0 Å². The molecule has 0 aliphatic rings. The fourth-order valence-corrected chi connectivity index (χ4v) is 1.42. The van der Waals surface area contributed by atoms with Gasteiger partial charge in [-0.25, -0.2) is 0 Å². The van der Waals surface area contributed by atoms with E-state index >= 15 is 0 Å². The first kappa shape index (κ1) is 16.6. The minimum Gasteiger partial charge on any atom is -0.332 e. The van der Waals surface area contributed by atoms with Crippen LogP contribution in [0.2, 0.25) is 0 Å². The highest BCUT2D eigenvalue weighted by atomic mass is 15.1. The Morgan fingerprint density at radius 3 is 2.11 bits per heavy atom. The second kappa shape index (κ2) is 7.85. The molecule has 0 saturated carbocycles. The number of amidine groups is 1. The molecule has 0 amide bonds. The van der Waals surface area contributed by atoms with Gasteiger partial charge in [-0.1, -0.05) is 38.0 Å². The summed E-state index contributed by atoms with van der Waals surface area (Å²) in [4.78, 5) is 1.86. The third-order valence-electron chi connectivity index (χ3n) is 3.42. The Bertz CT molecular complexity index is 351. The Labute approximate surface area is 112 Å². The summed E-state index contributed by atoms with van der Waals surface area (Å²) in [5.74, 6) is 1.08. The first-order chi connectivity index (χ1) is 8.33. The first-order valence-corrected chi connectivity index (χ1v) is 6.50. The van der Waals surface area contributed by atoms with Crippen molar-refractivity contribution in [3.05, 3.63) is 23.4 Å². The summed E-state index contributed by atoms with van der Waals surface area (Å²) < 4.78 is 0. The lowest BCUT2D eigenvalue weighted by atomic mass is 10.0. The van der Waals surface area contributed by atoms with Gasteiger partial charge in [0, 0.05) is 12.7 Å². The first-order valence-electron chi connectivity index (χ1n) is 6.50. The van der Waals surface area contributed by atoms with E-state index in [9.17, 15) is 0 Å². The van der Waals surface area contributed by atoms with Crippen LogP contribution in [0.3, 0.4) is 0 Å². The lowest BCUT2D eigenvalue weighted by molar-refractivity contribution is 0.468. The number of rotatable bonds is 6. The van der Waals surface area contributed by atoms with Crippen LogP contribution in [0.4, 0.5) is 0 Å². The van der Waals surface area contributed by atoms with E-state index in [0.717, 1.165) is 12.8 Å². The van der Waals surface area contributed by atoms with Crippen molar-refractivity contribution in [1.29, 1.82) is 10.8 Å². The minimum atomic E-state index is 0.241. The highest BCUT2D eigenvalue weighted by Gasteiger charge is 2.12. The SMILES string of the molecule is C/C=C(/C)C(C)CN(/C=C(\C)C(C)C)C(=N)C=N. The van der Waals surface area contributed by atoms with Gasteiger partial charge in [0.15, 0.2) is 0 Å². The van der Waals surface area contributed by atoms with Gasteiger partial charge in [0.25, 0.3) is 0 Å². The standard InChI is InChI=1S/C15H27N3/c1-7-12(4)14(6)10-18(15(17)8-16)9-13(5)11(2)3/h7-9,11,14,16-17H,10H2,1-6H3/b12-7-,13-9+,16-8?,17-15?. The summed E-state index contributed by atoms with van der Waals surface area (Å²) in [5, 5.41) is 15.1. The fraction of sp³-hybridized carbons (Fsp3) is 0.600. The van der Waals surface area contributed by atoms with Gasteiger partial charge in [-0.05, 0) is 32.6 Å². The minimum absolute atomic E-state index is 0.241. The van der Waals surface area contributed by atoms with Gasteiger partial charge in [0.1, 0.15) is 5.84 Å². The molecular weight excluding hydrogens is 222 g/mol. The molecule has 3 nitrogen and oxygen atoms in total. The highest BCUT2D eigenvalue weighted by molar-refractivity contribution is 6.26. The Kier molecular flexibility index (Phi) is 7.25. The number of nitrogens with zero attached hydrogens (tertiary/aromatic N) is 1. The third-order valence-corrected chi connectivity index (χ3v) is 3.42. The molecule has 0 bridgehead atoms. The van der Waals surface area contributed by atoms with Crippen LogP contribution in [0.5, 0.6) is 0 Å². The zero-order valence-electron chi connectivity index (χ0n) is 12.5. The fourth-order valence-electron chi connectivity index (χ4n) is 1.42. The van der Waals surface area contributed by atoms with Crippen molar-refractivity contribution in [2.45, 2.75) is 41.5 Å². The van der Waals surface area contributed by atoms with Crippen LogP contribution in [0.15, 0.2) is 23.4 Å². The molecule has 1 atom stereocenters. The normalized spacial score (nSPS) is 14.6. The zero-order chi connectivity index (χ0) is 14.3. The lowest BCUT2D eigenvalue weighted by Crippen LogP contribution is -2.31. The van der Waals surface area contributed by atoms with Crippen LogP contribution in [-0.2, 0) is 0 Å². The van der Waals surface area contributed by atoms with E-state index < -0.39 is 0 Å². The molecule has 0 spiro atoms. The Hall–Kier alpha value is -1.38. The smallest absolute Gasteiger partial charge is 0.142 e. The van der Waals surface area contributed by atoms with Crippen LogP contribution in [0.1, 0.15) is 41.5 Å². The van der Waals surface area contributed by atoms with Gasteiger partial charge in [-0.2, -0.15) is 0 Å². The number of hydrogen-bond acceptors (Lipinski definition) is 2. The van der Waals surface area contributed by atoms with Crippen LogP contribution < -0.4 is 0 Å². The van der Waals surface area contributed by atoms with Crippen molar-refractivity contribution in [2.24, 2.45) is 11.8 Å². The quantitative estimate of drug-likeness (QED) is 0.416. The van der Waals surface area contributed by atoms with Crippen molar-refractivity contribution in [2.75, 3.05) is 6.54 Å². The molecule has 0 heterocycles. The van der Waals surface area contributed by atoms with E-state index in [0.29, 0.717) is 11.8 Å². The molecule has 18 heavy (non-hydrogen) atoms. The maximum atomic E-state index is 7.84. The summed E-state index contributed by atoms with van der Waals surface area (Å²) in [6.07, 6.45) is 5.20. The second-order valence-corrected chi connectivity index (χ2v) is 5.14. The van der Waals surface area contributed by atoms with E-state index in [1.165, 1.54) is 11.1 Å². The topological polar surface area (TPSA) is 50.9 Å². The molecule has 0 aliphatic carbocycles. The molecule has 0 aromatic heterocycles. The zero-order valence-corrected chi connectivity index (χ0v) is 12.5. The molecule has 0 aromatic rings. The Morgan fingerprint density at radius 2 is 1.72 bits per heavy atom. The molecular formula is C15H27N3.